The van der Waals surface area contributed by atoms with Gasteiger partial charge in [-0.25, -0.2) is 0 Å². The molecule has 6 heteroatoms. The van der Waals surface area contributed by atoms with E-state index in [1.165, 1.54) is 32.1 Å². The summed E-state index contributed by atoms with van der Waals surface area (Å²) in [6.45, 7) is 0.332. The fourth-order valence-electron chi connectivity index (χ4n) is 2.35. The van der Waals surface area contributed by atoms with E-state index in [4.69, 9.17) is 9.26 Å². The summed E-state index contributed by atoms with van der Waals surface area (Å²) in [7, 11) is 0.684. The molecule has 0 N–H and O–H groups in total. The average molecular weight is 272 g/mol. The van der Waals surface area contributed by atoms with Crippen molar-refractivity contribution in [2.45, 2.75) is 44.5 Å². The van der Waals surface area contributed by atoms with Crippen molar-refractivity contribution in [3.05, 3.63) is 11.7 Å². The molecule has 2 rings (SSSR count). The molecule has 0 aromatic carbocycles. The van der Waals surface area contributed by atoms with Crippen molar-refractivity contribution in [3.8, 4) is 0 Å². The predicted octanol–water partition coefficient (Wildman–Crippen LogP) is 2.04. The molecule has 1 fully saturated rings. The van der Waals surface area contributed by atoms with E-state index in [-0.39, 0.29) is 0 Å². The highest BCUT2D eigenvalue weighted by molar-refractivity contribution is 7.84. The van der Waals surface area contributed by atoms with Gasteiger partial charge in [-0.3, -0.25) is 4.21 Å². The summed E-state index contributed by atoms with van der Waals surface area (Å²) in [4.78, 5) is 4.14. The molecule has 5 nitrogen and oxygen atoms in total. The zero-order valence-electron chi connectivity index (χ0n) is 10.8. The van der Waals surface area contributed by atoms with Crippen molar-refractivity contribution >= 4 is 10.8 Å². The highest BCUT2D eigenvalue weighted by Gasteiger charge is 2.18. The van der Waals surface area contributed by atoms with Gasteiger partial charge in [0.2, 0.25) is 5.89 Å². The van der Waals surface area contributed by atoms with Crippen molar-refractivity contribution in [2.24, 2.45) is 5.92 Å². The van der Waals surface area contributed by atoms with Crippen molar-refractivity contribution < 1.29 is 13.5 Å². The molecule has 0 spiro atoms. The monoisotopic (exact) mass is 272 g/mol. The summed E-state index contributed by atoms with van der Waals surface area (Å²) in [6, 6.07) is 0. The zero-order valence-corrected chi connectivity index (χ0v) is 11.6. The van der Waals surface area contributed by atoms with E-state index >= 15 is 0 Å². The van der Waals surface area contributed by atoms with Crippen LogP contribution in [0.4, 0.5) is 0 Å². The lowest BCUT2D eigenvalue weighted by Crippen LogP contribution is -2.15. The molecule has 1 aromatic heterocycles. The van der Waals surface area contributed by atoms with Crippen LogP contribution in [0.1, 0.15) is 43.8 Å². The smallest absolute Gasteiger partial charge is 0.239 e. The molecule has 0 amide bonds. The Hall–Kier alpha value is -0.750. The molecule has 1 aliphatic rings. The molecule has 1 aromatic rings. The first-order chi connectivity index (χ1) is 8.78. The molecular weight excluding hydrogens is 252 g/mol. The van der Waals surface area contributed by atoms with Gasteiger partial charge in [0.1, 0.15) is 12.4 Å². The Morgan fingerprint density at radius 3 is 2.89 bits per heavy atom. The first kappa shape index (κ1) is 13.7. The zero-order chi connectivity index (χ0) is 12.8. The number of hydrogen-bond donors (Lipinski definition) is 0. The first-order valence-corrected chi connectivity index (χ1v) is 7.92. The highest BCUT2D eigenvalue weighted by Crippen LogP contribution is 2.24. The van der Waals surface area contributed by atoms with Crippen LogP contribution in [0.3, 0.4) is 0 Å². The van der Waals surface area contributed by atoms with Gasteiger partial charge in [-0.05, 0) is 18.8 Å². The summed E-state index contributed by atoms with van der Waals surface area (Å²) in [5.74, 6) is 2.72. The van der Waals surface area contributed by atoms with Gasteiger partial charge < -0.3 is 9.26 Å². The van der Waals surface area contributed by atoms with Crippen LogP contribution in [-0.4, -0.2) is 27.2 Å². The van der Waals surface area contributed by atoms with E-state index in [9.17, 15) is 4.21 Å². The van der Waals surface area contributed by atoms with E-state index < -0.39 is 10.8 Å². The fraction of sp³-hybridized carbons (Fsp3) is 0.833. The minimum atomic E-state index is -0.896. The molecule has 0 radical (unpaired) electrons. The second kappa shape index (κ2) is 6.99. The summed E-state index contributed by atoms with van der Waals surface area (Å²) < 4.78 is 21.9. The number of methoxy groups -OCH3 is 1. The minimum absolute atomic E-state index is 0.332. The molecule has 1 heterocycles. The molecule has 1 saturated carbocycles. The molecule has 1 atom stereocenters. The molecule has 102 valence electrons. The second-order valence-electron chi connectivity index (χ2n) is 4.79. The normalized spacial score (nSPS) is 18.9. The fourth-order valence-corrected chi connectivity index (χ4v) is 3.72. The molecule has 0 bridgehead atoms. The maximum atomic E-state index is 12.0. The third-order valence-electron chi connectivity index (χ3n) is 3.21. The van der Waals surface area contributed by atoms with E-state index in [1.807, 2.05) is 0 Å². The van der Waals surface area contributed by atoms with Gasteiger partial charge in [0.15, 0.2) is 5.82 Å². The van der Waals surface area contributed by atoms with Crippen LogP contribution in [0.25, 0.3) is 0 Å². The van der Waals surface area contributed by atoms with Crippen LogP contribution in [0.2, 0.25) is 0 Å². The standard InChI is InChI=1S/C12H20N2O3S/c1-16-7-11-13-12(17-14-11)9-18(15)8-10-5-3-2-4-6-10/h10H,2-9H2,1H3/t18-/m0/s1. The molecule has 0 saturated heterocycles. The van der Waals surface area contributed by atoms with Crippen molar-refractivity contribution in [1.82, 2.24) is 10.1 Å². The highest BCUT2D eigenvalue weighted by atomic mass is 32.2. The Balaban J connectivity index is 1.78. The Morgan fingerprint density at radius 1 is 1.39 bits per heavy atom. The van der Waals surface area contributed by atoms with E-state index in [2.05, 4.69) is 10.1 Å². The number of rotatable bonds is 6. The molecule has 1 aliphatic carbocycles. The summed E-state index contributed by atoms with van der Waals surface area (Å²) in [6.07, 6.45) is 6.31. The number of hydrogen-bond acceptors (Lipinski definition) is 5. The lowest BCUT2D eigenvalue weighted by molar-refractivity contribution is 0.174. The number of aromatic nitrogens is 2. The third kappa shape index (κ3) is 4.17. The van der Waals surface area contributed by atoms with Crippen LogP contribution in [0.5, 0.6) is 0 Å². The predicted molar refractivity (Wildman–Crippen MR) is 68.3 cm³/mol. The van der Waals surface area contributed by atoms with Crippen molar-refractivity contribution in [2.75, 3.05) is 12.9 Å². The van der Waals surface area contributed by atoms with Crippen molar-refractivity contribution in [1.29, 1.82) is 0 Å². The van der Waals surface area contributed by atoms with Gasteiger partial charge in [-0.1, -0.05) is 24.4 Å². The lowest BCUT2D eigenvalue weighted by atomic mass is 9.91. The topological polar surface area (TPSA) is 65.2 Å². The number of nitrogens with zero attached hydrogens (tertiary/aromatic N) is 2. The number of ether oxygens (including phenoxy) is 1. The van der Waals surface area contributed by atoms with E-state index in [1.54, 1.807) is 7.11 Å². The van der Waals surface area contributed by atoms with Crippen molar-refractivity contribution in [3.63, 3.8) is 0 Å². The molecule has 0 aliphatic heterocycles. The van der Waals surface area contributed by atoms with E-state index in [0.717, 1.165) is 5.75 Å². The Bertz CT molecular complexity index is 388. The largest absolute Gasteiger partial charge is 0.377 e. The van der Waals surface area contributed by atoms with Crippen LogP contribution < -0.4 is 0 Å². The maximum absolute atomic E-state index is 12.0. The van der Waals surface area contributed by atoms with Crippen LogP contribution in [0.15, 0.2) is 4.52 Å². The van der Waals surface area contributed by atoms with E-state index in [0.29, 0.717) is 30.0 Å². The molecule has 18 heavy (non-hydrogen) atoms. The van der Waals surface area contributed by atoms with Crippen LogP contribution in [0, 0.1) is 5.92 Å². The van der Waals surface area contributed by atoms with Crippen LogP contribution in [-0.2, 0) is 27.9 Å². The summed E-state index contributed by atoms with van der Waals surface area (Å²) in [5.41, 5.74) is 0. The third-order valence-corrected chi connectivity index (χ3v) is 4.63. The second-order valence-corrected chi connectivity index (χ2v) is 6.29. The van der Waals surface area contributed by atoms with Gasteiger partial charge in [0, 0.05) is 23.7 Å². The SMILES string of the molecule is COCc1noc(C[S@@](=O)CC2CCCCC2)n1. The van der Waals surface area contributed by atoms with Gasteiger partial charge >= 0.3 is 0 Å². The quantitative estimate of drug-likeness (QED) is 0.793. The molecular formula is C12H20N2O3S. The Labute approximate surface area is 110 Å². The Morgan fingerprint density at radius 2 is 2.17 bits per heavy atom. The Kier molecular flexibility index (Phi) is 5.31. The van der Waals surface area contributed by atoms with Crippen LogP contribution >= 0.6 is 0 Å². The molecule has 0 unspecified atom stereocenters. The first-order valence-electron chi connectivity index (χ1n) is 6.43. The van der Waals surface area contributed by atoms with Gasteiger partial charge in [0.05, 0.1) is 0 Å². The van der Waals surface area contributed by atoms with Gasteiger partial charge in [0.25, 0.3) is 0 Å². The maximum Gasteiger partial charge on any atom is 0.239 e. The average Bonchev–Trinajstić information content (AvgIpc) is 2.78. The lowest BCUT2D eigenvalue weighted by Gasteiger charge is -2.20. The summed E-state index contributed by atoms with van der Waals surface area (Å²) in [5, 5.41) is 3.76. The van der Waals surface area contributed by atoms with Gasteiger partial charge in [-0.15, -0.1) is 0 Å². The summed E-state index contributed by atoms with van der Waals surface area (Å²) >= 11 is 0. The minimum Gasteiger partial charge on any atom is -0.377 e. The van der Waals surface area contributed by atoms with Gasteiger partial charge in [-0.2, -0.15) is 4.98 Å².